The molecule has 1 heterocycles. The van der Waals surface area contributed by atoms with E-state index in [0.717, 1.165) is 6.54 Å². The predicted octanol–water partition coefficient (Wildman–Crippen LogP) is 2.92. The van der Waals surface area contributed by atoms with Crippen LogP contribution < -0.4 is 5.32 Å². The van der Waals surface area contributed by atoms with Crippen LogP contribution in [-0.4, -0.2) is 41.1 Å². The van der Waals surface area contributed by atoms with Gasteiger partial charge in [-0.15, -0.1) is 0 Å². The Kier molecular flexibility index (Phi) is 4.67. The molecule has 2 N–H and O–H groups in total. The smallest absolute Gasteiger partial charge is 0.251 e. The molecule has 4 heteroatoms. The quantitative estimate of drug-likeness (QED) is 0.899. The Labute approximate surface area is 132 Å². The molecular weight excluding hydrogens is 276 g/mol. The molecule has 22 heavy (non-hydrogen) atoms. The number of likely N-dealkylation sites (tertiary alicyclic amines) is 1. The molecule has 1 amide bonds. The molecule has 1 aliphatic heterocycles. The molecule has 3 rings (SSSR count). The number of nitrogens with one attached hydrogen (secondary N) is 1. The number of hydrogen-bond donors (Lipinski definition) is 2. The molecule has 0 spiro atoms. The lowest BCUT2D eigenvalue weighted by atomic mass is 9.80. The highest BCUT2D eigenvalue weighted by Gasteiger charge is 2.39. The zero-order valence-electron chi connectivity index (χ0n) is 13.2. The average molecular weight is 302 g/mol. The monoisotopic (exact) mass is 302 g/mol. The lowest BCUT2D eigenvalue weighted by molar-refractivity contribution is 0.0652. The Morgan fingerprint density at radius 3 is 2.55 bits per heavy atom. The Bertz CT molecular complexity index is 518. The summed E-state index contributed by atoms with van der Waals surface area (Å²) < 4.78 is 0. The molecule has 1 aromatic carbocycles. The van der Waals surface area contributed by atoms with Gasteiger partial charge in [-0.1, -0.05) is 25.3 Å². The standard InChI is InChI=1S/C18H26N2O2/c21-16-8-6-7-15(13-16)17(22)19-14-18(9-2-1-3-10-18)20-11-4-5-12-20/h6-8,13,21H,1-5,9-12,14H2,(H,19,22). The number of amides is 1. The average Bonchev–Trinajstić information content (AvgIpc) is 3.09. The van der Waals surface area contributed by atoms with Crippen molar-refractivity contribution in [3.05, 3.63) is 29.8 Å². The number of rotatable bonds is 4. The first-order valence-electron chi connectivity index (χ1n) is 8.52. The van der Waals surface area contributed by atoms with Crippen molar-refractivity contribution in [2.45, 2.75) is 50.5 Å². The van der Waals surface area contributed by atoms with Crippen molar-refractivity contribution in [1.29, 1.82) is 0 Å². The third-order valence-electron chi connectivity index (χ3n) is 5.25. The highest BCUT2D eigenvalue weighted by molar-refractivity contribution is 5.94. The number of phenols is 1. The molecule has 1 saturated heterocycles. The first-order chi connectivity index (χ1) is 10.7. The molecule has 4 nitrogen and oxygen atoms in total. The number of benzene rings is 1. The molecule has 0 aromatic heterocycles. The minimum absolute atomic E-state index is 0.0833. The van der Waals surface area contributed by atoms with Crippen molar-refractivity contribution >= 4 is 5.91 Å². The van der Waals surface area contributed by atoms with Crippen LogP contribution in [0.1, 0.15) is 55.3 Å². The summed E-state index contributed by atoms with van der Waals surface area (Å²) in [5, 5.41) is 12.6. The van der Waals surface area contributed by atoms with Crippen molar-refractivity contribution in [3.8, 4) is 5.75 Å². The van der Waals surface area contributed by atoms with E-state index in [1.54, 1.807) is 18.2 Å². The predicted molar refractivity (Wildman–Crippen MR) is 87.1 cm³/mol. The van der Waals surface area contributed by atoms with Crippen LogP contribution in [0.25, 0.3) is 0 Å². The zero-order valence-corrected chi connectivity index (χ0v) is 13.2. The summed E-state index contributed by atoms with van der Waals surface area (Å²) in [6.07, 6.45) is 8.78. The van der Waals surface area contributed by atoms with Crippen LogP contribution in [0.5, 0.6) is 5.75 Å². The Morgan fingerprint density at radius 2 is 1.86 bits per heavy atom. The van der Waals surface area contributed by atoms with E-state index in [2.05, 4.69) is 10.2 Å². The van der Waals surface area contributed by atoms with Gasteiger partial charge in [0, 0.05) is 17.6 Å². The van der Waals surface area contributed by atoms with Gasteiger partial charge in [-0.25, -0.2) is 0 Å². The maximum absolute atomic E-state index is 12.4. The first-order valence-corrected chi connectivity index (χ1v) is 8.52. The summed E-state index contributed by atoms with van der Waals surface area (Å²) in [7, 11) is 0. The van der Waals surface area contributed by atoms with Crippen LogP contribution in [0.15, 0.2) is 24.3 Å². The van der Waals surface area contributed by atoms with Crippen LogP contribution in [0.2, 0.25) is 0 Å². The maximum Gasteiger partial charge on any atom is 0.251 e. The number of aromatic hydroxyl groups is 1. The van der Waals surface area contributed by atoms with E-state index in [9.17, 15) is 9.90 Å². The summed E-state index contributed by atoms with van der Waals surface area (Å²) >= 11 is 0. The maximum atomic E-state index is 12.4. The number of carbonyl (C=O) groups excluding carboxylic acids is 1. The van der Waals surface area contributed by atoms with Crippen molar-refractivity contribution in [3.63, 3.8) is 0 Å². The van der Waals surface area contributed by atoms with Crippen LogP contribution in [0.3, 0.4) is 0 Å². The molecule has 2 fully saturated rings. The topological polar surface area (TPSA) is 52.6 Å². The van der Waals surface area contributed by atoms with E-state index in [0.29, 0.717) is 5.56 Å². The molecule has 2 aliphatic rings. The van der Waals surface area contributed by atoms with E-state index >= 15 is 0 Å². The molecule has 1 aliphatic carbocycles. The highest BCUT2D eigenvalue weighted by atomic mass is 16.3. The van der Waals surface area contributed by atoms with Gasteiger partial charge in [0.2, 0.25) is 0 Å². The van der Waals surface area contributed by atoms with Gasteiger partial charge in [0.15, 0.2) is 0 Å². The second-order valence-corrected chi connectivity index (χ2v) is 6.71. The highest BCUT2D eigenvalue weighted by Crippen LogP contribution is 2.35. The largest absolute Gasteiger partial charge is 0.508 e. The minimum atomic E-state index is -0.0833. The van der Waals surface area contributed by atoms with Crippen LogP contribution in [-0.2, 0) is 0 Å². The molecule has 0 radical (unpaired) electrons. The van der Waals surface area contributed by atoms with Gasteiger partial charge in [-0.2, -0.15) is 0 Å². The third kappa shape index (κ3) is 3.27. The number of phenolic OH excluding ortho intramolecular Hbond substituents is 1. The number of nitrogens with zero attached hydrogens (tertiary/aromatic N) is 1. The first kappa shape index (κ1) is 15.3. The van der Waals surface area contributed by atoms with E-state index < -0.39 is 0 Å². The van der Waals surface area contributed by atoms with Gasteiger partial charge in [-0.05, 0) is 57.0 Å². The summed E-state index contributed by atoms with van der Waals surface area (Å²) in [6.45, 7) is 3.06. The number of carbonyl (C=O) groups is 1. The molecule has 120 valence electrons. The second-order valence-electron chi connectivity index (χ2n) is 6.71. The van der Waals surface area contributed by atoms with Crippen LogP contribution in [0, 0.1) is 0 Å². The van der Waals surface area contributed by atoms with E-state index in [4.69, 9.17) is 0 Å². The SMILES string of the molecule is O=C(NCC1(N2CCCC2)CCCCC1)c1cccc(O)c1. The van der Waals surface area contributed by atoms with Crippen LogP contribution >= 0.6 is 0 Å². The van der Waals surface area contributed by atoms with Gasteiger partial charge < -0.3 is 10.4 Å². The van der Waals surface area contributed by atoms with E-state index in [-0.39, 0.29) is 17.2 Å². The fourth-order valence-corrected chi connectivity index (χ4v) is 4.00. The summed E-state index contributed by atoms with van der Waals surface area (Å²) in [4.78, 5) is 15.0. The molecule has 1 saturated carbocycles. The summed E-state index contributed by atoms with van der Waals surface area (Å²) in [6, 6.07) is 6.57. The van der Waals surface area contributed by atoms with Gasteiger partial charge >= 0.3 is 0 Å². The molecule has 1 aromatic rings. The van der Waals surface area contributed by atoms with Gasteiger partial charge in [-0.3, -0.25) is 9.69 Å². The second kappa shape index (κ2) is 6.69. The van der Waals surface area contributed by atoms with Crippen LogP contribution in [0.4, 0.5) is 0 Å². The Balaban J connectivity index is 1.67. The number of hydrogen-bond acceptors (Lipinski definition) is 3. The van der Waals surface area contributed by atoms with Crippen molar-refractivity contribution in [1.82, 2.24) is 10.2 Å². The molecule has 0 bridgehead atoms. The normalized spacial score (nSPS) is 21.6. The fraction of sp³-hybridized carbons (Fsp3) is 0.611. The van der Waals surface area contributed by atoms with Gasteiger partial charge in [0.05, 0.1) is 0 Å². The van der Waals surface area contributed by atoms with E-state index in [1.807, 2.05) is 0 Å². The lowest BCUT2D eigenvalue weighted by Gasteiger charge is -2.45. The molecule has 0 atom stereocenters. The fourth-order valence-electron chi connectivity index (χ4n) is 4.00. The minimum Gasteiger partial charge on any atom is -0.508 e. The van der Waals surface area contributed by atoms with E-state index in [1.165, 1.54) is 64.1 Å². The summed E-state index contributed by atoms with van der Waals surface area (Å²) in [5.74, 6) is 0.0552. The van der Waals surface area contributed by atoms with Gasteiger partial charge in [0.1, 0.15) is 5.75 Å². The molecular formula is C18H26N2O2. The Hall–Kier alpha value is -1.55. The van der Waals surface area contributed by atoms with Crippen molar-refractivity contribution < 1.29 is 9.90 Å². The van der Waals surface area contributed by atoms with Crippen molar-refractivity contribution in [2.24, 2.45) is 0 Å². The zero-order chi connectivity index (χ0) is 15.4. The summed E-state index contributed by atoms with van der Waals surface area (Å²) in [5.41, 5.74) is 0.689. The Morgan fingerprint density at radius 1 is 1.14 bits per heavy atom. The molecule has 0 unspecified atom stereocenters. The van der Waals surface area contributed by atoms with Gasteiger partial charge in [0.25, 0.3) is 5.91 Å². The third-order valence-corrected chi connectivity index (χ3v) is 5.25. The van der Waals surface area contributed by atoms with Crippen molar-refractivity contribution in [2.75, 3.05) is 19.6 Å². The lowest BCUT2D eigenvalue weighted by Crippen LogP contribution is -2.55.